The van der Waals surface area contributed by atoms with Gasteiger partial charge in [-0.25, -0.2) is 22.8 Å². The van der Waals surface area contributed by atoms with Gasteiger partial charge in [-0.05, 0) is 62.4 Å². The van der Waals surface area contributed by atoms with Crippen molar-refractivity contribution >= 4 is 31.6 Å². The number of benzene rings is 2. The van der Waals surface area contributed by atoms with Crippen molar-refractivity contribution in [2.24, 2.45) is 0 Å². The van der Waals surface area contributed by atoms with Crippen LogP contribution in [0.15, 0.2) is 64.3 Å². The molecule has 0 aliphatic rings. The maximum Gasteiger partial charge on any atom is 0.266 e. The summed E-state index contributed by atoms with van der Waals surface area (Å²) in [6.45, 7) is 4.50. The molecule has 0 saturated carbocycles. The van der Waals surface area contributed by atoms with Crippen LogP contribution in [0.25, 0.3) is 21.5 Å². The number of aromatic nitrogens is 3. The Kier molecular flexibility index (Phi) is 6.35. The van der Waals surface area contributed by atoms with Gasteiger partial charge in [-0.2, -0.15) is 5.10 Å². The van der Waals surface area contributed by atoms with Crippen LogP contribution in [-0.2, 0) is 16.6 Å². The largest absolute Gasteiger partial charge is 0.494 e. The monoisotopic (exact) mass is 470 g/mol. The fourth-order valence-electron chi connectivity index (χ4n) is 3.21. The third-order valence-electron chi connectivity index (χ3n) is 4.72. The van der Waals surface area contributed by atoms with Gasteiger partial charge in [-0.3, -0.25) is 4.79 Å². The molecule has 32 heavy (non-hydrogen) atoms. The Morgan fingerprint density at radius 1 is 1.09 bits per heavy atom. The zero-order valence-electron chi connectivity index (χ0n) is 17.6. The maximum absolute atomic E-state index is 12.7. The molecule has 0 unspecified atom stereocenters. The van der Waals surface area contributed by atoms with Crippen molar-refractivity contribution in [3.8, 4) is 17.0 Å². The zero-order valence-corrected chi connectivity index (χ0v) is 19.2. The SMILES string of the molecule is CCOc1ccc(-c2ccc(=O)n(CCNS(=O)(=O)c3ccc4nc(C)sc4c3)n2)cc1. The highest BCUT2D eigenvalue weighted by atomic mass is 32.2. The van der Waals surface area contributed by atoms with E-state index in [2.05, 4.69) is 14.8 Å². The van der Waals surface area contributed by atoms with Gasteiger partial charge in [0.25, 0.3) is 5.56 Å². The van der Waals surface area contributed by atoms with Crippen LogP contribution in [0.5, 0.6) is 5.75 Å². The van der Waals surface area contributed by atoms with Gasteiger partial charge >= 0.3 is 0 Å². The number of sulfonamides is 1. The molecule has 166 valence electrons. The number of nitrogens with one attached hydrogen (secondary N) is 1. The van der Waals surface area contributed by atoms with E-state index < -0.39 is 10.0 Å². The van der Waals surface area contributed by atoms with Crippen molar-refractivity contribution in [1.29, 1.82) is 0 Å². The number of rotatable bonds is 8. The Morgan fingerprint density at radius 2 is 1.88 bits per heavy atom. The summed E-state index contributed by atoms with van der Waals surface area (Å²) < 4.78 is 35.4. The fraction of sp³-hybridized carbons (Fsp3) is 0.227. The van der Waals surface area contributed by atoms with Crippen molar-refractivity contribution in [2.45, 2.75) is 25.3 Å². The molecule has 2 aromatic carbocycles. The Balaban J connectivity index is 1.47. The summed E-state index contributed by atoms with van der Waals surface area (Å²) in [4.78, 5) is 16.7. The van der Waals surface area contributed by atoms with Crippen molar-refractivity contribution in [1.82, 2.24) is 19.5 Å². The second-order valence-electron chi connectivity index (χ2n) is 7.00. The van der Waals surface area contributed by atoms with Crippen LogP contribution in [0.1, 0.15) is 11.9 Å². The van der Waals surface area contributed by atoms with Crippen LogP contribution in [0.2, 0.25) is 0 Å². The molecule has 0 radical (unpaired) electrons. The first-order chi connectivity index (χ1) is 15.4. The summed E-state index contributed by atoms with van der Waals surface area (Å²) in [5, 5.41) is 5.25. The first-order valence-electron chi connectivity index (χ1n) is 10.0. The highest BCUT2D eigenvalue weighted by molar-refractivity contribution is 7.89. The summed E-state index contributed by atoms with van der Waals surface area (Å²) in [6.07, 6.45) is 0. The molecule has 2 heterocycles. The Labute approximate surface area is 189 Å². The lowest BCUT2D eigenvalue weighted by atomic mass is 10.1. The van der Waals surface area contributed by atoms with Gasteiger partial charge in [0.05, 0.1) is 39.0 Å². The molecule has 0 aliphatic heterocycles. The summed E-state index contributed by atoms with van der Waals surface area (Å²) >= 11 is 1.44. The minimum atomic E-state index is -3.73. The molecule has 0 bridgehead atoms. The van der Waals surface area contributed by atoms with E-state index in [1.807, 2.05) is 38.1 Å². The molecular formula is C22H22N4O4S2. The summed E-state index contributed by atoms with van der Waals surface area (Å²) in [5.41, 5.74) is 1.91. The highest BCUT2D eigenvalue weighted by Gasteiger charge is 2.15. The average molecular weight is 471 g/mol. The smallest absolute Gasteiger partial charge is 0.266 e. The van der Waals surface area contributed by atoms with Crippen LogP contribution < -0.4 is 15.0 Å². The van der Waals surface area contributed by atoms with Gasteiger partial charge in [0.1, 0.15) is 5.75 Å². The van der Waals surface area contributed by atoms with E-state index in [1.165, 1.54) is 28.2 Å². The number of aryl methyl sites for hydroxylation is 1. The number of ether oxygens (including phenoxy) is 1. The van der Waals surface area contributed by atoms with Gasteiger partial charge in [-0.15, -0.1) is 11.3 Å². The number of fused-ring (bicyclic) bond motifs is 1. The number of hydrogen-bond acceptors (Lipinski definition) is 7. The maximum atomic E-state index is 12.7. The lowest BCUT2D eigenvalue weighted by Crippen LogP contribution is -2.32. The molecule has 10 heteroatoms. The number of nitrogens with zero attached hydrogens (tertiary/aromatic N) is 3. The van der Waals surface area contributed by atoms with E-state index in [0.29, 0.717) is 12.3 Å². The lowest BCUT2D eigenvalue weighted by molar-refractivity contribution is 0.340. The molecular weight excluding hydrogens is 448 g/mol. The van der Waals surface area contributed by atoms with Crippen molar-refractivity contribution < 1.29 is 13.2 Å². The van der Waals surface area contributed by atoms with Gasteiger partial charge in [0.2, 0.25) is 10.0 Å². The van der Waals surface area contributed by atoms with E-state index >= 15 is 0 Å². The molecule has 0 fully saturated rings. The van der Waals surface area contributed by atoms with Crippen molar-refractivity contribution in [3.05, 3.63) is 70.0 Å². The minimum absolute atomic E-state index is 0.0295. The molecule has 4 rings (SSSR count). The van der Waals surface area contributed by atoms with Gasteiger partial charge in [-0.1, -0.05) is 0 Å². The summed E-state index contributed by atoms with van der Waals surface area (Å²) in [5.74, 6) is 0.755. The van der Waals surface area contributed by atoms with Crippen LogP contribution in [0, 0.1) is 6.92 Å². The van der Waals surface area contributed by atoms with Crippen LogP contribution in [0.4, 0.5) is 0 Å². The third kappa shape index (κ3) is 4.87. The standard InChI is InChI=1S/C22H22N4O4S2/c1-3-30-17-6-4-16(5-7-17)19-10-11-22(27)26(25-19)13-12-23-32(28,29)18-8-9-20-21(14-18)31-15(2)24-20/h4-11,14,23H,3,12-13H2,1-2H3. The highest BCUT2D eigenvalue weighted by Crippen LogP contribution is 2.24. The molecule has 2 aromatic heterocycles. The van der Waals surface area contributed by atoms with E-state index in [9.17, 15) is 13.2 Å². The molecule has 0 spiro atoms. The molecule has 4 aromatic rings. The second kappa shape index (κ2) is 9.19. The summed E-state index contributed by atoms with van der Waals surface area (Å²) in [7, 11) is -3.73. The zero-order chi connectivity index (χ0) is 22.7. The number of hydrogen-bond donors (Lipinski definition) is 1. The van der Waals surface area contributed by atoms with E-state index in [-0.39, 0.29) is 23.5 Å². The lowest BCUT2D eigenvalue weighted by Gasteiger charge is -2.10. The van der Waals surface area contributed by atoms with Crippen LogP contribution in [-0.4, -0.2) is 36.3 Å². The topological polar surface area (TPSA) is 103 Å². The predicted molar refractivity (Wildman–Crippen MR) is 125 cm³/mol. The first-order valence-corrected chi connectivity index (χ1v) is 12.3. The van der Waals surface area contributed by atoms with Gasteiger partial charge in [0, 0.05) is 18.2 Å². The fourth-order valence-corrected chi connectivity index (χ4v) is 5.20. The first kappa shape index (κ1) is 22.1. The molecule has 0 aliphatic carbocycles. The van der Waals surface area contributed by atoms with Gasteiger partial charge in [0.15, 0.2) is 0 Å². The van der Waals surface area contributed by atoms with E-state index in [4.69, 9.17) is 4.74 Å². The molecule has 8 nitrogen and oxygen atoms in total. The average Bonchev–Trinajstić information content (AvgIpc) is 3.15. The summed E-state index contributed by atoms with van der Waals surface area (Å²) in [6, 6.07) is 15.3. The van der Waals surface area contributed by atoms with E-state index in [1.54, 1.807) is 18.2 Å². The quantitative estimate of drug-likeness (QED) is 0.424. The predicted octanol–water partition coefficient (Wildman–Crippen LogP) is 3.21. The molecule has 0 saturated heterocycles. The molecule has 0 amide bonds. The number of thiazole rings is 1. The second-order valence-corrected chi connectivity index (χ2v) is 10.00. The third-order valence-corrected chi connectivity index (χ3v) is 7.11. The Hall–Kier alpha value is -3.08. The Morgan fingerprint density at radius 3 is 2.62 bits per heavy atom. The normalized spacial score (nSPS) is 11.7. The van der Waals surface area contributed by atoms with E-state index in [0.717, 1.165) is 26.5 Å². The van der Waals surface area contributed by atoms with Crippen LogP contribution >= 0.6 is 11.3 Å². The minimum Gasteiger partial charge on any atom is -0.494 e. The Bertz CT molecular complexity index is 1410. The molecule has 1 N–H and O–H groups in total. The van der Waals surface area contributed by atoms with Gasteiger partial charge < -0.3 is 4.74 Å². The molecule has 0 atom stereocenters. The van der Waals surface area contributed by atoms with Crippen LogP contribution in [0.3, 0.4) is 0 Å². The van der Waals surface area contributed by atoms with Crippen molar-refractivity contribution in [3.63, 3.8) is 0 Å². The van der Waals surface area contributed by atoms with Crippen molar-refractivity contribution in [2.75, 3.05) is 13.2 Å².